The van der Waals surface area contributed by atoms with Gasteiger partial charge in [0.1, 0.15) is 10.7 Å². The maximum Gasteiger partial charge on any atom is 0.210 e. The molecule has 0 spiro atoms. The Morgan fingerprint density at radius 2 is 1.60 bits per heavy atom. The van der Waals surface area contributed by atoms with Crippen molar-refractivity contribution in [1.82, 2.24) is 4.57 Å². The largest absolute Gasteiger partial charge is 0.384 e. The lowest BCUT2D eigenvalue weighted by Gasteiger charge is -2.27. The van der Waals surface area contributed by atoms with Gasteiger partial charge in [0.15, 0.2) is 0 Å². The van der Waals surface area contributed by atoms with Crippen LogP contribution in [-0.2, 0) is 22.7 Å². The van der Waals surface area contributed by atoms with Crippen LogP contribution in [0.25, 0.3) is 0 Å². The highest BCUT2D eigenvalue weighted by Crippen LogP contribution is 2.42. The zero-order chi connectivity index (χ0) is 17.4. The maximum absolute atomic E-state index is 13.3. The number of nitrogens with zero attached hydrogens (tertiary/aromatic N) is 1. The van der Waals surface area contributed by atoms with E-state index in [1.165, 1.54) is 25.0 Å². The molecule has 0 amide bonds. The molecule has 4 nitrogen and oxygen atoms in total. The smallest absolute Gasteiger partial charge is 0.210 e. The second kappa shape index (κ2) is 6.52. The Kier molecular flexibility index (Phi) is 4.36. The predicted molar refractivity (Wildman–Crippen MR) is 99.5 cm³/mol. The average Bonchev–Trinajstić information content (AvgIpc) is 2.95. The normalized spacial score (nSPS) is 18.9. The SMILES string of the molecule is Nc1c(S(=O)(=O)c2ccccc2)c2c(n1C1CCCCC1)CCCC2. The first-order valence-corrected chi connectivity index (χ1v) is 10.9. The van der Waals surface area contributed by atoms with Crippen LogP contribution in [0.2, 0.25) is 0 Å². The molecule has 2 N–H and O–H groups in total. The van der Waals surface area contributed by atoms with Gasteiger partial charge in [-0.25, -0.2) is 8.42 Å². The monoisotopic (exact) mass is 358 g/mol. The van der Waals surface area contributed by atoms with Gasteiger partial charge in [0.2, 0.25) is 9.84 Å². The first-order valence-electron chi connectivity index (χ1n) is 9.42. The molecule has 134 valence electrons. The number of nitrogen functional groups attached to an aromatic ring is 1. The minimum absolute atomic E-state index is 0.343. The van der Waals surface area contributed by atoms with Crippen LogP contribution in [0, 0.1) is 0 Å². The summed E-state index contributed by atoms with van der Waals surface area (Å²) in [5.41, 5.74) is 8.69. The molecule has 4 rings (SSSR count). The Morgan fingerprint density at radius 3 is 2.32 bits per heavy atom. The van der Waals surface area contributed by atoms with Gasteiger partial charge in [-0.15, -0.1) is 0 Å². The summed E-state index contributed by atoms with van der Waals surface area (Å²) in [6.45, 7) is 0. The highest BCUT2D eigenvalue weighted by atomic mass is 32.2. The van der Waals surface area contributed by atoms with E-state index in [-0.39, 0.29) is 0 Å². The Bertz CT molecular complexity index is 863. The molecule has 0 unspecified atom stereocenters. The first kappa shape index (κ1) is 16.7. The molecule has 2 aromatic rings. The highest BCUT2D eigenvalue weighted by molar-refractivity contribution is 7.91. The molecule has 2 aliphatic carbocycles. The van der Waals surface area contributed by atoms with Gasteiger partial charge < -0.3 is 10.3 Å². The molecule has 25 heavy (non-hydrogen) atoms. The van der Waals surface area contributed by atoms with Crippen molar-refractivity contribution in [3.63, 3.8) is 0 Å². The van der Waals surface area contributed by atoms with Crippen LogP contribution in [0.3, 0.4) is 0 Å². The van der Waals surface area contributed by atoms with Crippen molar-refractivity contribution in [3.8, 4) is 0 Å². The lowest BCUT2D eigenvalue weighted by Crippen LogP contribution is -2.18. The summed E-state index contributed by atoms with van der Waals surface area (Å²) < 4.78 is 28.9. The molecule has 1 aromatic heterocycles. The third-order valence-electron chi connectivity index (χ3n) is 5.76. The molecule has 0 atom stereocenters. The Hall–Kier alpha value is -1.75. The molecule has 0 bridgehead atoms. The van der Waals surface area contributed by atoms with E-state index in [2.05, 4.69) is 4.57 Å². The van der Waals surface area contributed by atoms with Crippen LogP contribution in [0.15, 0.2) is 40.1 Å². The number of aromatic nitrogens is 1. The van der Waals surface area contributed by atoms with Crippen molar-refractivity contribution in [1.29, 1.82) is 0 Å². The van der Waals surface area contributed by atoms with E-state index in [4.69, 9.17) is 5.73 Å². The maximum atomic E-state index is 13.3. The number of rotatable bonds is 3. The second-order valence-corrected chi connectivity index (χ2v) is 9.21. The van der Waals surface area contributed by atoms with Crippen LogP contribution >= 0.6 is 0 Å². The Balaban J connectivity index is 1.90. The van der Waals surface area contributed by atoms with Gasteiger partial charge in [0, 0.05) is 11.7 Å². The molecule has 0 radical (unpaired) electrons. The van der Waals surface area contributed by atoms with Crippen LogP contribution in [-0.4, -0.2) is 13.0 Å². The number of hydrogen-bond acceptors (Lipinski definition) is 3. The van der Waals surface area contributed by atoms with Gasteiger partial charge in [-0.05, 0) is 56.2 Å². The van der Waals surface area contributed by atoms with Crippen LogP contribution in [0.5, 0.6) is 0 Å². The van der Waals surface area contributed by atoms with Crippen molar-refractivity contribution in [3.05, 3.63) is 41.6 Å². The second-order valence-electron chi connectivity index (χ2n) is 7.33. The zero-order valence-corrected chi connectivity index (χ0v) is 15.4. The molecule has 1 fully saturated rings. The molecule has 2 aliphatic rings. The minimum Gasteiger partial charge on any atom is -0.384 e. The molecule has 5 heteroatoms. The Morgan fingerprint density at radius 1 is 0.920 bits per heavy atom. The summed E-state index contributed by atoms with van der Waals surface area (Å²) in [5.74, 6) is 0.475. The third-order valence-corrected chi connectivity index (χ3v) is 7.64. The van der Waals surface area contributed by atoms with E-state index in [9.17, 15) is 8.42 Å². The predicted octanol–water partition coefficient (Wildman–Crippen LogP) is 4.29. The van der Waals surface area contributed by atoms with Crippen molar-refractivity contribution < 1.29 is 8.42 Å². The van der Waals surface area contributed by atoms with E-state index in [1.54, 1.807) is 24.3 Å². The molecule has 1 aromatic carbocycles. The molecule has 0 saturated heterocycles. The van der Waals surface area contributed by atoms with Gasteiger partial charge in [0.25, 0.3) is 0 Å². The lowest BCUT2D eigenvalue weighted by atomic mass is 9.93. The molecular formula is C20H26N2O2S. The summed E-state index contributed by atoms with van der Waals surface area (Å²) in [7, 11) is -3.57. The van der Waals surface area contributed by atoms with Gasteiger partial charge in [-0.3, -0.25) is 0 Å². The van der Waals surface area contributed by atoms with Gasteiger partial charge >= 0.3 is 0 Å². The van der Waals surface area contributed by atoms with E-state index in [1.807, 2.05) is 6.07 Å². The highest BCUT2D eigenvalue weighted by Gasteiger charge is 2.34. The number of anilines is 1. The number of nitrogens with two attached hydrogens (primary N) is 1. The van der Waals surface area contributed by atoms with Crippen LogP contribution in [0.1, 0.15) is 62.2 Å². The average molecular weight is 359 g/mol. The standard InChI is InChI=1S/C20H26N2O2S/c21-20-19(25(23,24)16-11-5-2-6-12-16)17-13-7-8-14-18(17)22(20)15-9-3-1-4-10-15/h2,5-6,11-12,15H,1,3-4,7-10,13-14,21H2. The van der Waals surface area contributed by atoms with Crippen LogP contribution in [0.4, 0.5) is 5.82 Å². The summed E-state index contributed by atoms with van der Waals surface area (Å²) in [5, 5.41) is 0. The Labute approximate surface area is 150 Å². The fraction of sp³-hybridized carbons (Fsp3) is 0.500. The summed E-state index contributed by atoms with van der Waals surface area (Å²) in [4.78, 5) is 0.731. The molecule has 0 aliphatic heterocycles. The quantitative estimate of drug-likeness (QED) is 0.890. The lowest BCUT2D eigenvalue weighted by molar-refractivity contribution is 0.348. The van der Waals surface area contributed by atoms with Crippen molar-refractivity contribution in [2.45, 2.75) is 73.6 Å². The summed E-state index contributed by atoms with van der Waals surface area (Å²) in [6, 6.07) is 9.08. The van der Waals surface area contributed by atoms with Crippen molar-refractivity contribution >= 4 is 15.7 Å². The van der Waals surface area contributed by atoms with E-state index >= 15 is 0 Å². The van der Waals surface area contributed by atoms with Gasteiger partial charge in [-0.2, -0.15) is 0 Å². The first-order chi connectivity index (χ1) is 12.1. The molecular weight excluding hydrogens is 332 g/mol. The summed E-state index contributed by atoms with van der Waals surface area (Å²) >= 11 is 0. The zero-order valence-electron chi connectivity index (χ0n) is 14.6. The third kappa shape index (κ3) is 2.78. The number of sulfone groups is 1. The van der Waals surface area contributed by atoms with E-state index in [0.717, 1.165) is 44.1 Å². The van der Waals surface area contributed by atoms with Gasteiger partial charge in [-0.1, -0.05) is 37.5 Å². The van der Waals surface area contributed by atoms with Gasteiger partial charge in [0.05, 0.1) is 4.90 Å². The minimum atomic E-state index is -3.57. The van der Waals surface area contributed by atoms with Crippen molar-refractivity contribution in [2.75, 3.05) is 5.73 Å². The fourth-order valence-electron chi connectivity index (χ4n) is 4.58. The number of fused-ring (bicyclic) bond motifs is 1. The molecule has 1 heterocycles. The van der Waals surface area contributed by atoms with E-state index in [0.29, 0.717) is 21.7 Å². The number of benzene rings is 1. The van der Waals surface area contributed by atoms with E-state index < -0.39 is 9.84 Å². The summed E-state index contributed by atoms with van der Waals surface area (Å²) in [6.07, 6.45) is 9.82. The topological polar surface area (TPSA) is 65.1 Å². The molecule has 1 saturated carbocycles. The van der Waals surface area contributed by atoms with Crippen molar-refractivity contribution in [2.24, 2.45) is 0 Å². The fourth-order valence-corrected chi connectivity index (χ4v) is 6.25. The van der Waals surface area contributed by atoms with Crippen LogP contribution < -0.4 is 5.73 Å². The number of hydrogen-bond donors (Lipinski definition) is 1.